The average molecular weight is 352 g/mol. The molecule has 0 aliphatic carbocycles. The number of carbonyl (C=O) groups excluding carboxylic acids is 1. The van der Waals surface area contributed by atoms with Crippen LogP contribution in [0.15, 0.2) is 11.2 Å². The lowest BCUT2D eigenvalue weighted by atomic mass is 9.96. The van der Waals surface area contributed by atoms with E-state index in [9.17, 15) is 4.79 Å². The van der Waals surface area contributed by atoms with Gasteiger partial charge in [-0.25, -0.2) is 4.98 Å². The van der Waals surface area contributed by atoms with Gasteiger partial charge in [0.1, 0.15) is 5.01 Å². The van der Waals surface area contributed by atoms with Gasteiger partial charge in [-0.05, 0) is 34.1 Å². The van der Waals surface area contributed by atoms with Crippen LogP contribution >= 0.6 is 11.3 Å². The zero-order chi connectivity index (χ0) is 17.9. The maximum Gasteiger partial charge on any atom is 0.242 e. The van der Waals surface area contributed by atoms with Gasteiger partial charge in [0.25, 0.3) is 0 Å². The quantitative estimate of drug-likeness (QED) is 0.667. The van der Waals surface area contributed by atoms with E-state index in [1.807, 2.05) is 16.0 Å². The molecule has 0 spiro atoms. The lowest BCUT2D eigenvalue weighted by Crippen LogP contribution is -2.66. The van der Waals surface area contributed by atoms with E-state index in [2.05, 4.69) is 49.9 Å². The van der Waals surface area contributed by atoms with Gasteiger partial charge in [-0.2, -0.15) is 0 Å². The van der Waals surface area contributed by atoms with Gasteiger partial charge in [-0.15, -0.1) is 11.3 Å². The van der Waals surface area contributed by atoms with Crippen molar-refractivity contribution < 1.29 is 4.79 Å². The van der Waals surface area contributed by atoms with Crippen LogP contribution in [-0.2, 0) is 17.8 Å². The Kier molecular flexibility index (Phi) is 5.85. The molecule has 0 saturated carbocycles. The first-order valence-electron chi connectivity index (χ1n) is 8.49. The fraction of sp³-hybridized carbons (Fsp3) is 0.706. The molecule has 1 fully saturated rings. The third kappa shape index (κ3) is 4.06. The second-order valence-electron chi connectivity index (χ2n) is 7.00. The largest absolute Gasteiger partial charge is 0.350 e. The van der Waals surface area contributed by atoms with E-state index in [4.69, 9.17) is 0 Å². The Hall–Kier alpha value is -1.63. The summed E-state index contributed by atoms with van der Waals surface area (Å²) >= 11 is 1.71. The Bertz CT molecular complexity index is 608. The molecule has 0 unspecified atom stereocenters. The number of piperazine rings is 1. The van der Waals surface area contributed by atoms with Gasteiger partial charge in [0, 0.05) is 30.7 Å². The number of guanidine groups is 1. The number of hydrogen-bond acceptors (Lipinski definition) is 4. The first-order chi connectivity index (χ1) is 11.3. The lowest BCUT2D eigenvalue weighted by Gasteiger charge is -2.49. The van der Waals surface area contributed by atoms with E-state index in [0.29, 0.717) is 13.1 Å². The number of nitrogens with zero attached hydrogens (tertiary/aromatic N) is 4. The van der Waals surface area contributed by atoms with Crippen LogP contribution in [0, 0.1) is 0 Å². The second-order valence-corrected chi connectivity index (χ2v) is 8.20. The van der Waals surface area contributed by atoms with E-state index in [0.717, 1.165) is 23.9 Å². The third-order valence-electron chi connectivity index (χ3n) is 4.20. The third-order valence-corrected chi connectivity index (χ3v) is 5.34. The fourth-order valence-corrected chi connectivity index (χ4v) is 4.20. The lowest BCUT2D eigenvalue weighted by molar-refractivity contribution is -0.145. The van der Waals surface area contributed by atoms with E-state index in [-0.39, 0.29) is 17.5 Å². The summed E-state index contributed by atoms with van der Waals surface area (Å²) in [6.45, 7) is 12.2. The van der Waals surface area contributed by atoms with Crippen molar-refractivity contribution in [1.82, 2.24) is 20.1 Å². The Balaban J connectivity index is 2.04. The van der Waals surface area contributed by atoms with Crippen LogP contribution < -0.4 is 5.32 Å². The van der Waals surface area contributed by atoms with Crippen molar-refractivity contribution in [2.24, 2.45) is 4.99 Å². The molecule has 6 nitrogen and oxygen atoms in total. The summed E-state index contributed by atoms with van der Waals surface area (Å²) in [5.74, 6) is 0.903. The fourth-order valence-electron chi connectivity index (χ4n) is 3.39. The topological polar surface area (TPSA) is 60.8 Å². The number of aromatic nitrogens is 1. The van der Waals surface area contributed by atoms with Crippen molar-refractivity contribution in [3.63, 3.8) is 0 Å². The second kappa shape index (κ2) is 7.51. The standard InChI is InChI=1S/C17H29N5OS/c1-7-13-8-19-14(24-13)9-20-16(18-6)21-10-15(23)22(12(2)3)17(4,5)11-21/h8,12H,7,9-11H2,1-6H3,(H,18,20). The van der Waals surface area contributed by atoms with Crippen LogP contribution in [0.5, 0.6) is 0 Å². The smallest absolute Gasteiger partial charge is 0.242 e. The zero-order valence-corrected chi connectivity index (χ0v) is 16.4. The molecule has 134 valence electrons. The number of carbonyl (C=O) groups is 1. The summed E-state index contributed by atoms with van der Waals surface area (Å²) in [7, 11) is 1.76. The SMILES string of the molecule is CCc1cnc(CNC(=NC)N2CC(=O)N(C(C)C)C(C)(C)C2)s1. The monoisotopic (exact) mass is 351 g/mol. The Morgan fingerprint density at radius 2 is 2.21 bits per heavy atom. The van der Waals surface area contributed by atoms with Gasteiger partial charge in [-0.1, -0.05) is 6.92 Å². The Labute approximate surface area is 149 Å². The highest BCUT2D eigenvalue weighted by Crippen LogP contribution is 2.24. The molecule has 2 heterocycles. The number of thiazole rings is 1. The van der Waals surface area contributed by atoms with Gasteiger partial charge in [0.2, 0.25) is 5.91 Å². The summed E-state index contributed by atoms with van der Waals surface area (Å²) in [4.78, 5) is 26.7. The number of aryl methyl sites for hydroxylation is 1. The normalized spacial score (nSPS) is 18.5. The minimum atomic E-state index is -0.225. The van der Waals surface area contributed by atoms with Crippen molar-refractivity contribution in [3.05, 3.63) is 16.1 Å². The van der Waals surface area contributed by atoms with Gasteiger partial charge in [0.15, 0.2) is 5.96 Å². The highest BCUT2D eigenvalue weighted by Gasteiger charge is 2.40. The van der Waals surface area contributed by atoms with Crippen molar-refractivity contribution in [3.8, 4) is 0 Å². The molecule has 1 aromatic heterocycles. The molecule has 1 amide bonds. The van der Waals surface area contributed by atoms with Crippen LogP contribution in [0.3, 0.4) is 0 Å². The highest BCUT2D eigenvalue weighted by atomic mass is 32.1. The minimum Gasteiger partial charge on any atom is -0.350 e. The molecule has 1 aromatic rings. The van der Waals surface area contributed by atoms with Gasteiger partial charge < -0.3 is 15.1 Å². The summed E-state index contributed by atoms with van der Waals surface area (Å²) in [6.07, 6.45) is 2.94. The minimum absolute atomic E-state index is 0.145. The Morgan fingerprint density at radius 1 is 1.50 bits per heavy atom. The van der Waals surface area contributed by atoms with Crippen molar-refractivity contribution >= 4 is 23.2 Å². The zero-order valence-electron chi connectivity index (χ0n) is 15.6. The van der Waals surface area contributed by atoms with Gasteiger partial charge >= 0.3 is 0 Å². The molecule has 1 saturated heterocycles. The molecule has 1 N–H and O–H groups in total. The van der Waals surface area contributed by atoms with E-state index < -0.39 is 0 Å². The van der Waals surface area contributed by atoms with Crippen LogP contribution in [0.4, 0.5) is 0 Å². The number of rotatable bonds is 4. The molecule has 1 aliphatic heterocycles. The highest BCUT2D eigenvalue weighted by molar-refractivity contribution is 7.11. The molecule has 0 atom stereocenters. The van der Waals surface area contributed by atoms with E-state index >= 15 is 0 Å². The predicted octanol–water partition coefficient (Wildman–Crippen LogP) is 2.11. The molecule has 0 aromatic carbocycles. The average Bonchev–Trinajstić information content (AvgIpc) is 2.93. The molecule has 0 radical (unpaired) electrons. The molecular formula is C17H29N5OS. The van der Waals surface area contributed by atoms with Crippen LogP contribution in [-0.4, -0.2) is 58.4 Å². The van der Waals surface area contributed by atoms with Crippen molar-refractivity contribution in [2.45, 2.75) is 59.2 Å². The Morgan fingerprint density at radius 3 is 2.71 bits per heavy atom. The van der Waals surface area contributed by atoms with Crippen molar-refractivity contribution in [1.29, 1.82) is 0 Å². The number of nitrogens with one attached hydrogen (secondary N) is 1. The number of amides is 1. The summed E-state index contributed by atoms with van der Waals surface area (Å²) < 4.78 is 0. The number of hydrogen-bond donors (Lipinski definition) is 1. The molecular weight excluding hydrogens is 322 g/mol. The summed E-state index contributed by atoms with van der Waals surface area (Å²) in [5.41, 5.74) is -0.225. The van der Waals surface area contributed by atoms with Crippen LogP contribution in [0.25, 0.3) is 0 Å². The molecule has 7 heteroatoms. The van der Waals surface area contributed by atoms with Crippen molar-refractivity contribution in [2.75, 3.05) is 20.1 Å². The first kappa shape index (κ1) is 18.7. The summed E-state index contributed by atoms with van der Waals surface area (Å²) in [6, 6.07) is 0.201. The molecule has 0 bridgehead atoms. The molecule has 1 aliphatic rings. The van der Waals surface area contributed by atoms with Gasteiger partial charge in [0.05, 0.1) is 18.6 Å². The van der Waals surface area contributed by atoms with Crippen LogP contribution in [0.2, 0.25) is 0 Å². The maximum absolute atomic E-state index is 12.6. The molecule has 2 rings (SSSR count). The predicted molar refractivity (Wildman–Crippen MR) is 99.3 cm³/mol. The van der Waals surface area contributed by atoms with Gasteiger partial charge in [-0.3, -0.25) is 9.79 Å². The van der Waals surface area contributed by atoms with Crippen LogP contribution in [0.1, 0.15) is 44.5 Å². The first-order valence-corrected chi connectivity index (χ1v) is 9.31. The maximum atomic E-state index is 12.6. The van der Waals surface area contributed by atoms with E-state index in [1.54, 1.807) is 18.4 Å². The number of aliphatic imine (C=N–C) groups is 1. The molecule has 24 heavy (non-hydrogen) atoms. The summed E-state index contributed by atoms with van der Waals surface area (Å²) in [5, 5.41) is 4.39. The van der Waals surface area contributed by atoms with E-state index in [1.165, 1.54) is 4.88 Å².